The first-order valence-corrected chi connectivity index (χ1v) is 9.05. The molecule has 2 heterocycles. The summed E-state index contributed by atoms with van der Waals surface area (Å²) in [4.78, 5) is 14.1. The molecule has 4 aromatic rings. The van der Waals surface area contributed by atoms with Crippen molar-refractivity contribution in [3.05, 3.63) is 103 Å². The van der Waals surface area contributed by atoms with Crippen molar-refractivity contribution < 1.29 is 0 Å². The Balaban J connectivity index is 1.74. The standard InChI is InChI=1S/C24H21N3/c1-24(2,19-12-7-4-8-13-19)23-15-9-14-20(27-23)22-17-25-16-21(26-22)18-10-5-3-6-11-18/h3-17H,1-2H3. The molecule has 0 aliphatic carbocycles. The van der Waals surface area contributed by atoms with Gasteiger partial charge in [-0.1, -0.05) is 80.6 Å². The van der Waals surface area contributed by atoms with Crippen molar-refractivity contribution in [2.45, 2.75) is 19.3 Å². The van der Waals surface area contributed by atoms with Crippen LogP contribution in [0.3, 0.4) is 0 Å². The molecule has 0 bridgehead atoms. The third-order valence-electron chi connectivity index (χ3n) is 4.85. The Labute approximate surface area is 159 Å². The van der Waals surface area contributed by atoms with E-state index in [0.717, 1.165) is 28.3 Å². The minimum atomic E-state index is -0.193. The van der Waals surface area contributed by atoms with Crippen molar-refractivity contribution in [3.63, 3.8) is 0 Å². The van der Waals surface area contributed by atoms with E-state index in [0.29, 0.717) is 0 Å². The highest BCUT2D eigenvalue weighted by atomic mass is 14.8. The van der Waals surface area contributed by atoms with E-state index in [-0.39, 0.29) is 5.41 Å². The molecule has 0 fully saturated rings. The SMILES string of the molecule is CC(C)(c1ccccc1)c1cccc(-c2cncc(-c3ccccc3)n2)n1. The first kappa shape index (κ1) is 17.1. The molecule has 132 valence electrons. The van der Waals surface area contributed by atoms with Crippen LogP contribution in [0.15, 0.2) is 91.3 Å². The van der Waals surface area contributed by atoms with E-state index in [1.54, 1.807) is 12.4 Å². The highest BCUT2D eigenvalue weighted by Gasteiger charge is 2.24. The predicted molar refractivity (Wildman–Crippen MR) is 109 cm³/mol. The van der Waals surface area contributed by atoms with Crippen LogP contribution in [0.5, 0.6) is 0 Å². The fourth-order valence-corrected chi connectivity index (χ4v) is 3.17. The van der Waals surface area contributed by atoms with Crippen molar-refractivity contribution in [1.82, 2.24) is 15.0 Å². The quantitative estimate of drug-likeness (QED) is 0.485. The van der Waals surface area contributed by atoms with Gasteiger partial charge in [0.15, 0.2) is 0 Å². The number of benzene rings is 2. The molecule has 0 saturated heterocycles. The summed E-state index contributed by atoms with van der Waals surface area (Å²) in [7, 11) is 0. The van der Waals surface area contributed by atoms with Crippen LogP contribution in [0.4, 0.5) is 0 Å². The second-order valence-electron chi connectivity index (χ2n) is 7.05. The molecular weight excluding hydrogens is 330 g/mol. The maximum atomic E-state index is 4.92. The van der Waals surface area contributed by atoms with Gasteiger partial charge in [-0.3, -0.25) is 9.97 Å². The molecule has 2 aromatic carbocycles. The van der Waals surface area contributed by atoms with Gasteiger partial charge < -0.3 is 0 Å². The molecule has 0 radical (unpaired) electrons. The van der Waals surface area contributed by atoms with Crippen LogP contribution < -0.4 is 0 Å². The average molecular weight is 351 g/mol. The zero-order valence-electron chi connectivity index (χ0n) is 15.5. The zero-order chi connectivity index (χ0) is 18.7. The molecule has 3 heteroatoms. The number of nitrogens with zero attached hydrogens (tertiary/aromatic N) is 3. The van der Waals surface area contributed by atoms with Gasteiger partial charge in [0.2, 0.25) is 0 Å². The maximum absolute atomic E-state index is 4.92. The van der Waals surface area contributed by atoms with Crippen molar-refractivity contribution in [1.29, 1.82) is 0 Å². The second kappa shape index (κ2) is 7.12. The molecule has 0 aliphatic heterocycles. The van der Waals surface area contributed by atoms with E-state index in [2.05, 4.69) is 49.2 Å². The van der Waals surface area contributed by atoms with Gasteiger partial charge in [0.1, 0.15) is 5.69 Å². The third kappa shape index (κ3) is 3.49. The lowest BCUT2D eigenvalue weighted by atomic mass is 9.81. The van der Waals surface area contributed by atoms with Crippen LogP contribution in [0.2, 0.25) is 0 Å². The lowest BCUT2D eigenvalue weighted by Crippen LogP contribution is -2.20. The first-order valence-electron chi connectivity index (χ1n) is 9.05. The fraction of sp³-hybridized carbons (Fsp3) is 0.125. The Morgan fingerprint density at radius 3 is 2.00 bits per heavy atom. The molecule has 0 saturated carbocycles. The summed E-state index contributed by atoms with van der Waals surface area (Å²) < 4.78 is 0. The lowest BCUT2D eigenvalue weighted by Gasteiger charge is -2.25. The molecule has 27 heavy (non-hydrogen) atoms. The lowest BCUT2D eigenvalue weighted by molar-refractivity contribution is 0.617. The van der Waals surface area contributed by atoms with Crippen LogP contribution in [0, 0.1) is 0 Å². The number of hydrogen-bond acceptors (Lipinski definition) is 3. The van der Waals surface area contributed by atoms with Crippen LogP contribution in [0.1, 0.15) is 25.1 Å². The van der Waals surface area contributed by atoms with Gasteiger partial charge in [0.05, 0.1) is 29.5 Å². The van der Waals surface area contributed by atoms with E-state index < -0.39 is 0 Å². The molecule has 0 spiro atoms. The van der Waals surface area contributed by atoms with Crippen molar-refractivity contribution in [2.24, 2.45) is 0 Å². The van der Waals surface area contributed by atoms with Crippen LogP contribution in [0.25, 0.3) is 22.6 Å². The van der Waals surface area contributed by atoms with Crippen LogP contribution in [-0.2, 0) is 5.41 Å². The number of pyridine rings is 1. The Morgan fingerprint density at radius 2 is 1.26 bits per heavy atom. The van der Waals surface area contributed by atoms with E-state index in [1.165, 1.54) is 5.56 Å². The largest absolute Gasteiger partial charge is 0.260 e. The van der Waals surface area contributed by atoms with Crippen LogP contribution >= 0.6 is 0 Å². The molecule has 4 rings (SSSR count). The number of hydrogen-bond donors (Lipinski definition) is 0. The monoisotopic (exact) mass is 351 g/mol. The van der Waals surface area contributed by atoms with Gasteiger partial charge in [0.25, 0.3) is 0 Å². The number of rotatable bonds is 4. The Morgan fingerprint density at radius 1 is 0.593 bits per heavy atom. The first-order chi connectivity index (χ1) is 13.1. The minimum Gasteiger partial charge on any atom is -0.260 e. The summed E-state index contributed by atoms with van der Waals surface area (Å²) in [5, 5.41) is 0. The number of aromatic nitrogens is 3. The van der Waals surface area contributed by atoms with E-state index >= 15 is 0 Å². The van der Waals surface area contributed by atoms with Crippen molar-refractivity contribution in [3.8, 4) is 22.6 Å². The van der Waals surface area contributed by atoms with Crippen molar-refractivity contribution >= 4 is 0 Å². The molecule has 2 aromatic heterocycles. The summed E-state index contributed by atoms with van der Waals surface area (Å²) in [6.45, 7) is 4.39. The fourth-order valence-electron chi connectivity index (χ4n) is 3.17. The smallest absolute Gasteiger partial charge is 0.108 e. The van der Waals surface area contributed by atoms with E-state index in [4.69, 9.17) is 9.97 Å². The van der Waals surface area contributed by atoms with Gasteiger partial charge in [-0.15, -0.1) is 0 Å². The normalized spacial score (nSPS) is 11.3. The van der Waals surface area contributed by atoms with Gasteiger partial charge in [-0.05, 0) is 17.7 Å². The topological polar surface area (TPSA) is 38.7 Å². The summed E-state index contributed by atoms with van der Waals surface area (Å²) in [5.74, 6) is 0. The van der Waals surface area contributed by atoms with Gasteiger partial charge in [0, 0.05) is 11.0 Å². The Bertz CT molecular complexity index is 1040. The van der Waals surface area contributed by atoms with Gasteiger partial charge >= 0.3 is 0 Å². The maximum Gasteiger partial charge on any atom is 0.108 e. The molecule has 0 unspecified atom stereocenters. The molecule has 0 N–H and O–H groups in total. The highest BCUT2D eigenvalue weighted by molar-refractivity contribution is 5.62. The summed E-state index contributed by atoms with van der Waals surface area (Å²) in [6, 6.07) is 26.6. The molecule has 3 nitrogen and oxygen atoms in total. The second-order valence-corrected chi connectivity index (χ2v) is 7.05. The van der Waals surface area contributed by atoms with Gasteiger partial charge in [-0.25, -0.2) is 4.98 Å². The highest BCUT2D eigenvalue weighted by Crippen LogP contribution is 2.31. The minimum absolute atomic E-state index is 0.193. The van der Waals surface area contributed by atoms with E-state index in [9.17, 15) is 0 Å². The van der Waals surface area contributed by atoms with Gasteiger partial charge in [-0.2, -0.15) is 0 Å². The molecular formula is C24H21N3. The molecule has 0 atom stereocenters. The van der Waals surface area contributed by atoms with E-state index in [1.807, 2.05) is 48.5 Å². The summed E-state index contributed by atoms with van der Waals surface area (Å²) in [6.07, 6.45) is 3.56. The third-order valence-corrected chi connectivity index (χ3v) is 4.85. The zero-order valence-corrected chi connectivity index (χ0v) is 15.5. The predicted octanol–water partition coefficient (Wildman–Crippen LogP) is 5.53. The Hall–Kier alpha value is -3.33. The summed E-state index contributed by atoms with van der Waals surface area (Å²) in [5.41, 5.74) is 5.57. The molecule has 0 aliphatic rings. The van der Waals surface area contributed by atoms with Crippen molar-refractivity contribution in [2.75, 3.05) is 0 Å². The molecule has 0 amide bonds. The Kier molecular flexibility index (Phi) is 4.51. The average Bonchev–Trinajstić information content (AvgIpc) is 2.75. The van der Waals surface area contributed by atoms with Crippen LogP contribution in [-0.4, -0.2) is 15.0 Å². The summed E-state index contributed by atoms with van der Waals surface area (Å²) >= 11 is 0.